The van der Waals surface area contributed by atoms with E-state index in [2.05, 4.69) is 15.4 Å². The molecule has 8 nitrogen and oxygen atoms in total. The first kappa shape index (κ1) is 21.7. The number of carbonyl (C=O) groups excluding carboxylic acids is 3. The fourth-order valence-corrected chi connectivity index (χ4v) is 4.05. The predicted molar refractivity (Wildman–Crippen MR) is 119 cm³/mol. The van der Waals surface area contributed by atoms with Gasteiger partial charge < -0.3 is 4.74 Å². The first-order valence-electron chi connectivity index (χ1n) is 11.0. The van der Waals surface area contributed by atoms with Gasteiger partial charge in [0.2, 0.25) is 5.91 Å². The number of pyridine rings is 1. The van der Waals surface area contributed by atoms with Crippen LogP contribution in [0.2, 0.25) is 0 Å². The molecule has 1 aliphatic rings. The molecule has 1 saturated carbocycles. The van der Waals surface area contributed by atoms with Crippen molar-refractivity contribution in [3.8, 4) is 11.3 Å². The second kappa shape index (κ2) is 9.72. The van der Waals surface area contributed by atoms with Crippen molar-refractivity contribution >= 4 is 28.8 Å². The zero-order valence-corrected chi connectivity index (χ0v) is 18.0. The summed E-state index contributed by atoms with van der Waals surface area (Å²) in [5.74, 6) is -1.71. The van der Waals surface area contributed by atoms with Crippen molar-refractivity contribution in [1.29, 1.82) is 0 Å². The van der Waals surface area contributed by atoms with Gasteiger partial charge >= 0.3 is 5.97 Å². The largest absolute Gasteiger partial charge is 0.452 e. The maximum Gasteiger partial charge on any atom is 0.339 e. The molecular formula is C24H26N4O4. The van der Waals surface area contributed by atoms with Gasteiger partial charge in [0.1, 0.15) is 0 Å². The van der Waals surface area contributed by atoms with Crippen LogP contribution in [0.5, 0.6) is 0 Å². The predicted octanol–water partition coefficient (Wildman–Crippen LogP) is 3.50. The maximum absolute atomic E-state index is 12.9. The first-order valence-corrected chi connectivity index (χ1v) is 11.0. The minimum Gasteiger partial charge on any atom is -0.452 e. The minimum atomic E-state index is -0.662. The minimum absolute atomic E-state index is 0.142. The average Bonchev–Trinajstić information content (AvgIpc) is 3.26. The smallest absolute Gasteiger partial charge is 0.339 e. The van der Waals surface area contributed by atoms with E-state index in [4.69, 9.17) is 4.74 Å². The van der Waals surface area contributed by atoms with Crippen LogP contribution in [0, 0.1) is 5.92 Å². The summed E-state index contributed by atoms with van der Waals surface area (Å²) in [4.78, 5) is 42.0. The lowest BCUT2D eigenvalue weighted by atomic mass is 9.89. The highest BCUT2D eigenvalue weighted by Gasteiger charge is 2.24. The lowest BCUT2D eigenvalue weighted by molar-refractivity contribution is -0.135. The molecule has 1 aliphatic carbocycles. The van der Waals surface area contributed by atoms with E-state index in [9.17, 15) is 14.4 Å². The van der Waals surface area contributed by atoms with Crippen molar-refractivity contribution in [2.24, 2.45) is 5.92 Å². The molecule has 8 heteroatoms. The molecule has 3 aromatic rings. The molecule has 32 heavy (non-hydrogen) atoms. The van der Waals surface area contributed by atoms with E-state index in [0.717, 1.165) is 37.7 Å². The molecule has 1 N–H and O–H groups in total. The topological polar surface area (TPSA) is 103 Å². The number of rotatable bonds is 6. The van der Waals surface area contributed by atoms with Gasteiger partial charge in [0.05, 0.1) is 22.8 Å². The van der Waals surface area contributed by atoms with Gasteiger partial charge in [0, 0.05) is 18.0 Å². The molecule has 0 bridgehead atoms. The SMILES string of the molecule is CCn1ncc2c(C(=O)OCC(=O)NC(=O)C3CCCCC3)cc(-c3ccccc3)nc21. The molecule has 2 heterocycles. The molecule has 166 valence electrons. The number of nitrogens with zero attached hydrogens (tertiary/aromatic N) is 3. The molecule has 0 radical (unpaired) electrons. The van der Waals surface area contributed by atoms with Crippen LogP contribution in [-0.2, 0) is 20.9 Å². The van der Waals surface area contributed by atoms with Crippen molar-refractivity contribution < 1.29 is 19.1 Å². The van der Waals surface area contributed by atoms with E-state index >= 15 is 0 Å². The van der Waals surface area contributed by atoms with Crippen molar-refractivity contribution in [2.75, 3.05) is 6.61 Å². The number of amides is 2. The fraction of sp³-hybridized carbons (Fsp3) is 0.375. The number of aromatic nitrogens is 3. The van der Waals surface area contributed by atoms with E-state index in [1.165, 1.54) is 0 Å². The van der Waals surface area contributed by atoms with Gasteiger partial charge in [-0.25, -0.2) is 14.5 Å². The quantitative estimate of drug-likeness (QED) is 0.596. The van der Waals surface area contributed by atoms with Gasteiger partial charge in [0.15, 0.2) is 12.3 Å². The summed E-state index contributed by atoms with van der Waals surface area (Å²) in [5, 5.41) is 7.21. The average molecular weight is 434 g/mol. The standard InChI is InChI=1S/C24H26N4O4/c1-2-28-22-19(14-25-28)18(13-20(26-22)16-9-5-3-6-10-16)24(31)32-15-21(29)27-23(30)17-11-7-4-8-12-17/h3,5-6,9-10,13-14,17H,2,4,7-8,11-12,15H2,1H3,(H,27,29,30). The fourth-order valence-electron chi connectivity index (χ4n) is 4.05. The van der Waals surface area contributed by atoms with Crippen LogP contribution in [-0.4, -0.2) is 39.2 Å². The number of benzene rings is 1. The number of carbonyl (C=O) groups is 3. The Labute approximate surface area is 186 Å². The summed E-state index contributed by atoms with van der Waals surface area (Å²) in [6.45, 7) is 2.01. The Hall–Kier alpha value is -3.55. The monoisotopic (exact) mass is 434 g/mol. The second-order valence-electron chi connectivity index (χ2n) is 7.94. The van der Waals surface area contributed by atoms with Crippen LogP contribution in [0.15, 0.2) is 42.6 Å². The number of imide groups is 1. The van der Waals surface area contributed by atoms with Crippen LogP contribution < -0.4 is 5.32 Å². The Morgan fingerprint density at radius 3 is 2.59 bits per heavy atom. The van der Waals surface area contributed by atoms with Crippen molar-refractivity contribution in [1.82, 2.24) is 20.1 Å². The number of hydrogen-bond donors (Lipinski definition) is 1. The Bertz CT molecular complexity index is 1130. The molecule has 2 aromatic heterocycles. The van der Waals surface area contributed by atoms with E-state index in [0.29, 0.717) is 23.3 Å². The summed E-state index contributed by atoms with van der Waals surface area (Å²) < 4.78 is 6.95. The Morgan fingerprint density at radius 1 is 1.12 bits per heavy atom. The number of nitrogens with one attached hydrogen (secondary N) is 1. The highest BCUT2D eigenvalue weighted by Crippen LogP contribution is 2.26. The zero-order chi connectivity index (χ0) is 22.5. The number of hydrogen-bond acceptors (Lipinski definition) is 6. The molecule has 1 fully saturated rings. The Morgan fingerprint density at radius 2 is 1.88 bits per heavy atom. The van der Waals surface area contributed by atoms with Crippen LogP contribution in [0.25, 0.3) is 22.3 Å². The third-order valence-electron chi connectivity index (χ3n) is 5.77. The van der Waals surface area contributed by atoms with Gasteiger partial charge in [0.25, 0.3) is 5.91 Å². The molecule has 1 aromatic carbocycles. The molecule has 0 aliphatic heterocycles. The number of aryl methyl sites for hydroxylation is 1. The lowest BCUT2D eigenvalue weighted by Gasteiger charge is -2.20. The van der Waals surface area contributed by atoms with Crippen LogP contribution >= 0.6 is 0 Å². The number of esters is 1. The van der Waals surface area contributed by atoms with Crippen molar-refractivity contribution in [2.45, 2.75) is 45.6 Å². The molecule has 0 saturated heterocycles. The number of fused-ring (bicyclic) bond motifs is 1. The maximum atomic E-state index is 12.9. The highest BCUT2D eigenvalue weighted by molar-refractivity contribution is 6.05. The summed E-state index contributed by atoms with van der Waals surface area (Å²) in [5.41, 5.74) is 2.30. The molecule has 0 spiro atoms. The first-order chi connectivity index (χ1) is 15.6. The summed E-state index contributed by atoms with van der Waals surface area (Å²) in [7, 11) is 0. The Balaban J connectivity index is 1.50. The Kier molecular flexibility index (Phi) is 6.58. The van der Waals surface area contributed by atoms with E-state index in [-0.39, 0.29) is 17.4 Å². The van der Waals surface area contributed by atoms with E-state index in [1.54, 1.807) is 16.9 Å². The van der Waals surface area contributed by atoms with Crippen molar-refractivity contribution in [3.05, 3.63) is 48.2 Å². The van der Waals surface area contributed by atoms with Gasteiger partial charge in [-0.3, -0.25) is 14.9 Å². The lowest BCUT2D eigenvalue weighted by Crippen LogP contribution is -2.38. The normalized spacial score (nSPS) is 14.3. The van der Waals surface area contributed by atoms with Crippen LogP contribution in [0.4, 0.5) is 0 Å². The van der Waals surface area contributed by atoms with Crippen LogP contribution in [0.1, 0.15) is 49.4 Å². The highest BCUT2D eigenvalue weighted by atomic mass is 16.5. The van der Waals surface area contributed by atoms with Gasteiger partial charge in [-0.2, -0.15) is 5.10 Å². The van der Waals surface area contributed by atoms with Gasteiger partial charge in [-0.15, -0.1) is 0 Å². The molecule has 4 rings (SSSR count). The van der Waals surface area contributed by atoms with Gasteiger partial charge in [-0.05, 0) is 25.8 Å². The van der Waals surface area contributed by atoms with Gasteiger partial charge in [-0.1, -0.05) is 49.6 Å². The third-order valence-corrected chi connectivity index (χ3v) is 5.77. The summed E-state index contributed by atoms with van der Waals surface area (Å²) in [6, 6.07) is 11.1. The van der Waals surface area contributed by atoms with E-state index < -0.39 is 18.5 Å². The summed E-state index contributed by atoms with van der Waals surface area (Å²) in [6.07, 6.45) is 6.26. The van der Waals surface area contributed by atoms with E-state index in [1.807, 2.05) is 37.3 Å². The molecule has 2 amide bonds. The third kappa shape index (κ3) is 4.69. The second-order valence-corrected chi connectivity index (χ2v) is 7.94. The molecular weight excluding hydrogens is 408 g/mol. The summed E-state index contributed by atoms with van der Waals surface area (Å²) >= 11 is 0. The van der Waals surface area contributed by atoms with Crippen LogP contribution in [0.3, 0.4) is 0 Å². The zero-order valence-electron chi connectivity index (χ0n) is 18.0. The van der Waals surface area contributed by atoms with Crippen molar-refractivity contribution in [3.63, 3.8) is 0 Å². The molecule has 0 unspecified atom stereocenters. The molecule has 0 atom stereocenters. The number of ether oxygens (including phenoxy) is 1.